The maximum Gasteiger partial charge on any atom is 0.277 e. The predicted octanol–water partition coefficient (Wildman–Crippen LogP) is 1.20. The Morgan fingerprint density at radius 3 is 2.58 bits per heavy atom. The number of sulfone groups is 1. The number of hydrogen-bond acceptors (Lipinski definition) is 6. The second-order valence-electron chi connectivity index (χ2n) is 5.82. The number of ether oxygens (including phenoxy) is 1. The molecule has 0 aliphatic rings. The van der Waals surface area contributed by atoms with Crippen LogP contribution < -0.4 is 10.9 Å². The first kappa shape index (κ1) is 20.2. The molecule has 2 rings (SSSR count). The number of nitrogens with zero attached hydrogens (tertiary/aromatic N) is 1. The Labute approximate surface area is 156 Å². The number of nitrogens with one attached hydrogen (secondary N) is 2. The number of carbonyl (C=O) groups excluding carboxylic acids is 1. The minimum atomic E-state index is -3.46. The van der Waals surface area contributed by atoms with Crippen molar-refractivity contribution in [1.29, 1.82) is 0 Å². The minimum Gasteiger partial charge on any atom is -0.383 e. The van der Waals surface area contributed by atoms with E-state index in [1.807, 2.05) is 0 Å². The quantitative estimate of drug-likeness (QED) is 0.508. The van der Waals surface area contributed by atoms with Gasteiger partial charge in [0.2, 0.25) is 5.78 Å². The van der Waals surface area contributed by atoms with Crippen LogP contribution in [0.15, 0.2) is 23.1 Å². The summed E-state index contributed by atoms with van der Waals surface area (Å²) in [5.41, 5.74) is 0.102. The predicted molar refractivity (Wildman–Crippen MR) is 99.8 cm³/mol. The van der Waals surface area contributed by atoms with E-state index in [1.165, 1.54) is 32.5 Å². The molecule has 26 heavy (non-hydrogen) atoms. The van der Waals surface area contributed by atoms with Crippen LogP contribution in [0.25, 0.3) is 0 Å². The van der Waals surface area contributed by atoms with Crippen molar-refractivity contribution in [3.63, 3.8) is 0 Å². The van der Waals surface area contributed by atoms with Crippen molar-refractivity contribution in [3.8, 4) is 0 Å². The molecule has 0 aliphatic carbocycles. The monoisotopic (exact) mass is 401 g/mol. The minimum absolute atomic E-state index is 0.0765. The fourth-order valence-electron chi connectivity index (χ4n) is 2.48. The molecule has 2 aromatic rings. The van der Waals surface area contributed by atoms with Crippen LogP contribution in [0.5, 0.6) is 0 Å². The zero-order valence-corrected chi connectivity index (χ0v) is 16.2. The Hall–Kier alpha value is -2.10. The average Bonchev–Trinajstić information content (AvgIpc) is 2.88. The van der Waals surface area contributed by atoms with Crippen molar-refractivity contribution >= 4 is 32.9 Å². The average molecular weight is 402 g/mol. The van der Waals surface area contributed by atoms with E-state index in [-0.39, 0.29) is 21.7 Å². The van der Waals surface area contributed by atoms with E-state index in [4.69, 9.17) is 16.3 Å². The number of carbonyl (C=O) groups is 1. The van der Waals surface area contributed by atoms with E-state index in [0.29, 0.717) is 18.8 Å². The molecule has 1 heterocycles. The second kappa shape index (κ2) is 8.07. The zero-order chi connectivity index (χ0) is 19.5. The Morgan fingerprint density at radius 2 is 2.04 bits per heavy atom. The van der Waals surface area contributed by atoms with Gasteiger partial charge in [0.15, 0.2) is 9.84 Å². The molecule has 0 aliphatic heterocycles. The van der Waals surface area contributed by atoms with Crippen LogP contribution in [0, 0.1) is 0 Å². The van der Waals surface area contributed by atoms with Gasteiger partial charge in [-0.05, 0) is 12.1 Å². The molecule has 8 nitrogen and oxygen atoms in total. The van der Waals surface area contributed by atoms with Crippen LogP contribution in [0.4, 0.5) is 5.69 Å². The third-order valence-corrected chi connectivity index (χ3v) is 4.83. The largest absolute Gasteiger partial charge is 0.383 e. The van der Waals surface area contributed by atoms with Crippen molar-refractivity contribution in [1.82, 2.24) is 9.78 Å². The van der Waals surface area contributed by atoms with Crippen molar-refractivity contribution in [2.75, 3.05) is 31.8 Å². The summed E-state index contributed by atoms with van der Waals surface area (Å²) in [5.74, 6) is -0.966. The Kier molecular flexibility index (Phi) is 6.27. The number of aryl methyl sites for hydroxylation is 1. The first-order valence-electron chi connectivity index (χ1n) is 7.66. The van der Waals surface area contributed by atoms with Gasteiger partial charge in [-0.2, -0.15) is 0 Å². The Balaban J connectivity index is 2.60. The smallest absolute Gasteiger partial charge is 0.277 e. The maximum atomic E-state index is 12.9. The van der Waals surface area contributed by atoms with Gasteiger partial charge in [-0.15, -0.1) is 0 Å². The van der Waals surface area contributed by atoms with Crippen molar-refractivity contribution < 1.29 is 17.9 Å². The molecule has 2 N–H and O–H groups in total. The SMILES string of the molecule is COCCNc1c(Cl)ccc(C(=O)c2c[nH]n(C)c2=O)c1CS(C)(=O)=O. The number of halogens is 1. The number of methoxy groups -OCH3 is 1. The van der Waals surface area contributed by atoms with Gasteiger partial charge in [0.1, 0.15) is 5.56 Å². The van der Waals surface area contributed by atoms with Crippen molar-refractivity contribution in [2.24, 2.45) is 7.05 Å². The highest BCUT2D eigenvalue weighted by Gasteiger charge is 2.24. The van der Waals surface area contributed by atoms with Crippen LogP contribution in [0.3, 0.4) is 0 Å². The normalized spacial score (nSPS) is 11.5. The third-order valence-electron chi connectivity index (χ3n) is 3.70. The number of ketones is 1. The molecule has 0 saturated heterocycles. The summed E-state index contributed by atoms with van der Waals surface area (Å²) < 4.78 is 29.9. The van der Waals surface area contributed by atoms with Crippen molar-refractivity contribution in [3.05, 3.63) is 50.4 Å². The molecule has 0 atom stereocenters. The van der Waals surface area contributed by atoms with Gasteiger partial charge < -0.3 is 15.2 Å². The molecule has 0 saturated carbocycles. The molecule has 0 unspecified atom stereocenters. The summed E-state index contributed by atoms with van der Waals surface area (Å²) in [6.07, 6.45) is 2.36. The van der Waals surface area contributed by atoms with E-state index in [0.717, 1.165) is 10.9 Å². The molecule has 0 radical (unpaired) electrons. The lowest BCUT2D eigenvalue weighted by molar-refractivity contribution is 0.103. The fourth-order valence-corrected chi connectivity index (χ4v) is 3.55. The van der Waals surface area contributed by atoms with E-state index in [1.54, 1.807) is 0 Å². The summed E-state index contributed by atoms with van der Waals surface area (Å²) in [7, 11) is -0.451. The number of anilines is 1. The number of benzene rings is 1. The number of H-pyrrole nitrogens is 1. The van der Waals surface area contributed by atoms with E-state index in [2.05, 4.69) is 10.4 Å². The first-order valence-corrected chi connectivity index (χ1v) is 10.1. The van der Waals surface area contributed by atoms with Crippen LogP contribution in [-0.4, -0.2) is 50.5 Å². The lowest BCUT2D eigenvalue weighted by Crippen LogP contribution is -2.21. The van der Waals surface area contributed by atoms with Gasteiger partial charge in [-0.25, -0.2) is 8.42 Å². The van der Waals surface area contributed by atoms with Crippen LogP contribution in [0.1, 0.15) is 21.5 Å². The maximum absolute atomic E-state index is 12.9. The van der Waals surface area contributed by atoms with Crippen LogP contribution in [-0.2, 0) is 27.4 Å². The summed E-state index contributed by atoms with van der Waals surface area (Å²) in [4.78, 5) is 24.9. The van der Waals surface area contributed by atoms with Crippen LogP contribution >= 0.6 is 11.6 Å². The highest BCUT2D eigenvalue weighted by Crippen LogP contribution is 2.31. The molecule has 10 heteroatoms. The van der Waals surface area contributed by atoms with Gasteiger partial charge in [0, 0.05) is 44.3 Å². The molecule has 1 aromatic heterocycles. The van der Waals surface area contributed by atoms with Gasteiger partial charge in [-0.3, -0.25) is 14.3 Å². The second-order valence-corrected chi connectivity index (χ2v) is 8.37. The molecular formula is C16H20ClN3O5S. The number of hydrogen-bond donors (Lipinski definition) is 2. The number of aromatic nitrogens is 2. The first-order chi connectivity index (χ1) is 12.2. The summed E-state index contributed by atoms with van der Waals surface area (Å²) in [6.45, 7) is 0.738. The van der Waals surface area contributed by atoms with Crippen LogP contribution in [0.2, 0.25) is 5.02 Å². The Morgan fingerprint density at radius 1 is 1.35 bits per heavy atom. The van der Waals surface area contributed by atoms with Crippen molar-refractivity contribution in [2.45, 2.75) is 5.75 Å². The number of rotatable bonds is 8. The van der Waals surface area contributed by atoms with Gasteiger partial charge in [-0.1, -0.05) is 11.6 Å². The van der Waals surface area contributed by atoms with E-state index in [9.17, 15) is 18.0 Å². The fraction of sp³-hybridized carbons (Fsp3) is 0.375. The molecule has 1 aromatic carbocycles. The van der Waals surface area contributed by atoms with Gasteiger partial charge >= 0.3 is 0 Å². The molecule has 0 amide bonds. The molecule has 0 bridgehead atoms. The molecular weight excluding hydrogens is 382 g/mol. The third kappa shape index (κ3) is 4.54. The van der Waals surface area contributed by atoms with E-state index < -0.39 is 26.9 Å². The summed E-state index contributed by atoms with van der Waals surface area (Å²) in [5, 5.41) is 5.91. The Bertz CT molecular complexity index is 978. The highest BCUT2D eigenvalue weighted by atomic mass is 35.5. The number of aromatic amines is 1. The zero-order valence-electron chi connectivity index (χ0n) is 14.6. The van der Waals surface area contributed by atoms with E-state index >= 15 is 0 Å². The summed E-state index contributed by atoms with van der Waals surface area (Å²) >= 11 is 6.21. The topological polar surface area (TPSA) is 110 Å². The molecule has 142 valence electrons. The lowest BCUT2D eigenvalue weighted by Gasteiger charge is -2.16. The molecule has 0 fully saturated rings. The van der Waals surface area contributed by atoms with Gasteiger partial charge in [0.25, 0.3) is 5.56 Å². The highest BCUT2D eigenvalue weighted by molar-refractivity contribution is 7.89. The van der Waals surface area contributed by atoms with Gasteiger partial charge in [0.05, 0.1) is 23.1 Å². The molecule has 0 spiro atoms. The lowest BCUT2D eigenvalue weighted by atomic mass is 9.99. The standard InChI is InChI=1S/C16H20ClN3O5S/c1-20-16(22)11(8-19-20)15(21)10-4-5-13(17)14(18-6-7-25-2)12(10)9-26(3,23)24/h4-5,8,18-19H,6-7,9H2,1-3H3. The summed E-state index contributed by atoms with van der Waals surface area (Å²) in [6, 6.07) is 2.92.